The van der Waals surface area contributed by atoms with Gasteiger partial charge in [0.15, 0.2) is 9.84 Å². The van der Waals surface area contributed by atoms with Gasteiger partial charge in [-0.2, -0.15) is 0 Å². The lowest BCUT2D eigenvalue weighted by molar-refractivity contribution is 0.0595. The van der Waals surface area contributed by atoms with Crippen LogP contribution in [0.25, 0.3) is 10.2 Å². The summed E-state index contributed by atoms with van der Waals surface area (Å²) < 4.78 is 30.8. The van der Waals surface area contributed by atoms with Crippen LogP contribution in [0.1, 0.15) is 34.3 Å². The minimum Gasteiger partial charge on any atom is -0.467 e. The average molecular weight is 445 g/mol. The van der Waals surface area contributed by atoms with Crippen LogP contribution in [0.15, 0.2) is 41.3 Å². The number of ether oxygens (including phenoxy) is 1. The Bertz CT molecular complexity index is 1170. The summed E-state index contributed by atoms with van der Waals surface area (Å²) in [5.74, 6) is -0.148. The number of nitrogens with zero attached hydrogens (tertiary/aromatic N) is 2. The molecule has 1 fully saturated rings. The van der Waals surface area contributed by atoms with Crippen molar-refractivity contribution in [1.82, 2.24) is 9.88 Å². The number of fused-ring (bicyclic) bond motifs is 1. The number of piperidine rings is 1. The molecule has 1 amide bonds. The molecule has 0 spiro atoms. The molecule has 0 atom stereocenters. The normalized spacial score (nSPS) is 15.5. The number of amides is 1. The number of sulfone groups is 1. The Morgan fingerprint density at radius 2 is 1.83 bits per heavy atom. The Labute approximate surface area is 180 Å². The Morgan fingerprint density at radius 1 is 1.13 bits per heavy atom. The molecule has 30 heavy (non-hydrogen) atoms. The van der Waals surface area contributed by atoms with Crippen LogP contribution in [-0.2, 0) is 9.84 Å². The molecule has 158 valence electrons. The van der Waals surface area contributed by atoms with Crippen molar-refractivity contribution in [2.75, 3.05) is 19.3 Å². The molecule has 1 aliphatic heterocycles. The van der Waals surface area contributed by atoms with Crippen LogP contribution in [0.5, 0.6) is 5.19 Å². The molecule has 2 heterocycles. The first-order valence-corrected chi connectivity index (χ1v) is 12.6. The second kappa shape index (κ2) is 8.00. The summed E-state index contributed by atoms with van der Waals surface area (Å²) in [7, 11) is -3.35. The first kappa shape index (κ1) is 20.8. The quantitative estimate of drug-likeness (QED) is 0.608. The van der Waals surface area contributed by atoms with Crippen LogP contribution in [-0.4, -0.2) is 49.7 Å². The van der Waals surface area contributed by atoms with Crippen LogP contribution in [0.4, 0.5) is 0 Å². The number of hydrogen-bond acceptors (Lipinski definition) is 6. The zero-order valence-electron chi connectivity index (χ0n) is 17.2. The molecule has 0 radical (unpaired) electrons. The molecule has 8 heteroatoms. The number of carbonyl (C=O) groups excluding carboxylic acids is 1. The highest BCUT2D eigenvalue weighted by Crippen LogP contribution is 2.33. The molecule has 4 rings (SSSR count). The van der Waals surface area contributed by atoms with Gasteiger partial charge in [-0.25, -0.2) is 13.4 Å². The zero-order valence-corrected chi connectivity index (χ0v) is 18.8. The topological polar surface area (TPSA) is 76.6 Å². The monoisotopic (exact) mass is 444 g/mol. The van der Waals surface area contributed by atoms with E-state index >= 15 is 0 Å². The maximum Gasteiger partial charge on any atom is 0.274 e. The molecule has 1 aromatic heterocycles. The number of likely N-dealkylation sites (tertiary alicyclic amines) is 1. The summed E-state index contributed by atoms with van der Waals surface area (Å²) in [6, 6.07) is 10.4. The van der Waals surface area contributed by atoms with Crippen LogP contribution in [0, 0.1) is 13.8 Å². The molecule has 1 aliphatic rings. The third kappa shape index (κ3) is 4.20. The molecule has 2 aromatic carbocycles. The first-order chi connectivity index (χ1) is 14.2. The van der Waals surface area contributed by atoms with Crippen LogP contribution in [0.3, 0.4) is 0 Å². The number of carbonyl (C=O) groups is 1. The lowest BCUT2D eigenvalue weighted by Crippen LogP contribution is -2.41. The van der Waals surface area contributed by atoms with Gasteiger partial charge in [0.25, 0.3) is 11.1 Å². The van der Waals surface area contributed by atoms with Gasteiger partial charge < -0.3 is 9.64 Å². The molecule has 0 N–H and O–H groups in total. The van der Waals surface area contributed by atoms with Gasteiger partial charge in [-0.05, 0) is 43.2 Å². The molecule has 6 nitrogen and oxygen atoms in total. The van der Waals surface area contributed by atoms with E-state index in [9.17, 15) is 13.2 Å². The van der Waals surface area contributed by atoms with E-state index < -0.39 is 9.84 Å². The van der Waals surface area contributed by atoms with E-state index in [-0.39, 0.29) is 16.9 Å². The van der Waals surface area contributed by atoms with Crippen molar-refractivity contribution in [3.8, 4) is 5.19 Å². The van der Waals surface area contributed by atoms with E-state index in [1.807, 2.05) is 6.92 Å². The van der Waals surface area contributed by atoms with Crippen molar-refractivity contribution in [3.63, 3.8) is 0 Å². The summed E-state index contributed by atoms with van der Waals surface area (Å²) in [5.41, 5.74) is 3.72. The highest BCUT2D eigenvalue weighted by molar-refractivity contribution is 7.90. The largest absolute Gasteiger partial charge is 0.467 e. The number of rotatable bonds is 4. The van der Waals surface area contributed by atoms with E-state index in [1.54, 1.807) is 28.4 Å². The fraction of sp³-hybridized carbons (Fsp3) is 0.364. The Kier molecular flexibility index (Phi) is 5.55. The lowest BCUT2D eigenvalue weighted by atomic mass is 10.1. The van der Waals surface area contributed by atoms with Crippen LogP contribution >= 0.6 is 11.3 Å². The van der Waals surface area contributed by atoms with Gasteiger partial charge in [-0.1, -0.05) is 29.5 Å². The number of aromatic nitrogens is 1. The van der Waals surface area contributed by atoms with Gasteiger partial charge in [0, 0.05) is 37.8 Å². The number of thiazole rings is 1. The van der Waals surface area contributed by atoms with E-state index in [0.29, 0.717) is 36.7 Å². The Hall–Kier alpha value is -2.45. The van der Waals surface area contributed by atoms with E-state index in [0.717, 1.165) is 22.0 Å². The summed E-state index contributed by atoms with van der Waals surface area (Å²) >= 11 is 1.57. The minimum atomic E-state index is -3.35. The van der Waals surface area contributed by atoms with Gasteiger partial charge in [0.1, 0.15) is 6.10 Å². The number of hydrogen-bond donors (Lipinski definition) is 0. The van der Waals surface area contributed by atoms with Crippen molar-refractivity contribution in [3.05, 3.63) is 53.1 Å². The third-order valence-corrected chi connectivity index (χ3v) is 7.62. The lowest BCUT2D eigenvalue weighted by Gasteiger charge is -2.31. The molecule has 0 bridgehead atoms. The standard InChI is InChI=1S/C22H24N2O4S2/c1-14-7-8-15(2)20-19(14)23-22(29-20)28-17-9-11-24(12-10-17)21(25)16-5-4-6-18(13-16)30(3,26)27/h4-8,13,17H,9-12H2,1-3H3. The van der Waals surface area contributed by atoms with E-state index in [4.69, 9.17) is 4.74 Å². The second-order valence-corrected chi connectivity index (χ2v) is 10.7. The molecule has 0 aliphatic carbocycles. The average Bonchev–Trinajstić information content (AvgIpc) is 3.15. The van der Waals surface area contributed by atoms with Gasteiger partial charge in [0.05, 0.1) is 15.1 Å². The van der Waals surface area contributed by atoms with Gasteiger partial charge in [-0.15, -0.1) is 0 Å². The third-order valence-electron chi connectivity index (χ3n) is 5.43. The predicted molar refractivity (Wildman–Crippen MR) is 118 cm³/mol. The molecular formula is C22H24N2O4S2. The van der Waals surface area contributed by atoms with E-state index in [2.05, 4.69) is 24.0 Å². The maximum atomic E-state index is 12.8. The minimum absolute atomic E-state index is 0.0116. The molecular weight excluding hydrogens is 420 g/mol. The fourth-order valence-electron chi connectivity index (χ4n) is 3.65. The summed E-state index contributed by atoms with van der Waals surface area (Å²) in [5, 5.41) is 0.674. The van der Waals surface area contributed by atoms with Gasteiger partial charge in [-0.3, -0.25) is 4.79 Å². The SMILES string of the molecule is Cc1ccc(C)c2sc(OC3CCN(C(=O)c4cccc(S(C)(=O)=O)c4)CC3)nc12. The number of aryl methyl sites for hydroxylation is 2. The molecule has 1 saturated heterocycles. The van der Waals surface area contributed by atoms with Crippen molar-refractivity contribution in [1.29, 1.82) is 0 Å². The maximum absolute atomic E-state index is 12.8. The summed E-state index contributed by atoms with van der Waals surface area (Å²) in [6.07, 6.45) is 2.58. The predicted octanol–water partition coefficient (Wildman–Crippen LogP) is 4.00. The molecule has 0 unspecified atom stereocenters. The zero-order chi connectivity index (χ0) is 21.5. The number of benzene rings is 2. The Morgan fingerprint density at radius 3 is 2.50 bits per heavy atom. The van der Waals surface area contributed by atoms with Crippen molar-refractivity contribution < 1.29 is 17.9 Å². The molecule has 3 aromatic rings. The van der Waals surface area contributed by atoms with Crippen molar-refractivity contribution >= 4 is 37.3 Å². The van der Waals surface area contributed by atoms with Crippen LogP contribution < -0.4 is 4.74 Å². The molecule has 0 saturated carbocycles. The van der Waals surface area contributed by atoms with Crippen LogP contribution in [0.2, 0.25) is 0 Å². The summed E-state index contributed by atoms with van der Waals surface area (Å²) in [4.78, 5) is 19.4. The Balaban J connectivity index is 1.41. The van der Waals surface area contributed by atoms with Crippen molar-refractivity contribution in [2.24, 2.45) is 0 Å². The highest BCUT2D eigenvalue weighted by Gasteiger charge is 2.26. The highest BCUT2D eigenvalue weighted by atomic mass is 32.2. The summed E-state index contributed by atoms with van der Waals surface area (Å²) in [6.45, 7) is 5.26. The van der Waals surface area contributed by atoms with Gasteiger partial charge >= 0.3 is 0 Å². The second-order valence-electron chi connectivity index (χ2n) is 7.77. The fourth-order valence-corrected chi connectivity index (χ4v) is 5.35. The van der Waals surface area contributed by atoms with E-state index in [1.165, 1.54) is 17.7 Å². The smallest absolute Gasteiger partial charge is 0.274 e. The van der Waals surface area contributed by atoms with Gasteiger partial charge in [0.2, 0.25) is 0 Å². The first-order valence-electron chi connectivity index (χ1n) is 9.85. The van der Waals surface area contributed by atoms with Crippen molar-refractivity contribution in [2.45, 2.75) is 37.7 Å².